The summed E-state index contributed by atoms with van der Waals surface area (Å²) in [4.78, 5) is 19.4. The van der Waals surface area contributed by atoms with E-state index in [1.54, 1.807) is 23.3 Å². The molecule has 0 bridgehead atoms. The van der Waals surface area contributed by atoms with Gasteiger partial charge in [-0.2, -0.15) is 15.0 Å². The van der Waals surface area contributed by atoms with Crippen LogP contribution in [0.15, 0.2) is 18.7 Å². The summed E-state index contributed by atoms with van der Waals surface area (Å²) in [5.41, 5.74) is 2.51. The van der Waals surface area contributed by atoms with Gasteiger partial charge in [0.05, 0.1) is 0 Å². The van der Waals surface area contributed by atoms with Crippen molar-refractivity contribution in [3.8, 4) is 5.95 Å². The topological polar surface area (TPSA) is 97.8 Å². The maximum absolute atomic E-state index is 5.48. The van der Waals surface area contributed by atoms with E-state index in [0.717, 1.165) is 19.0 Å². The van der Waals surface area contributed by atoms with Crippen LogP contribution in [0, 0.1) is 5.92 Å². The van der Waals surface area contributed by atoms with Crippen LogP contribution in [0.3, 0.4) is 0 Å². The van der Waals surface area contributed by atoms with Crippen molar-refractivity contribution in [3.63, 3.8) is 0 Å². The van der Waals surface area contributed by atoms with Crippen LogP contribution in [-0.4, -0.2) is 37.6 Å². The molecule has 1 fully saturated rings. The van der Waals surface area contributed by atoms with Gasteiger partial charge in [0.2, 0.25) is 17.8 Å². The molecule has 112 valence electrons. The number of anilines is 2. The van der Waals surface area contributed by atoms with Crippen LogP contribution in [0.1, 0.15) is 26.2 Å². The van der Waals surface area contributed by atoms with E-state index in [2.05, 4.69) is 37.2 Å². The molecule has 8 nitrogen and oxygen atoms in total. The molecule has 0 unspecified atom stereocenters. The van der Waals surface area contributed by atoms with E-state index in [-0.39, 0.29) is 0 Å². The van der Waals surface area contributed by atoms with E-state index < -0.39 is 0 Å². The van der Waals surface area contributed by atoms with E-state index in [1.165, 1.54) is 19.3 Å². The second-order valence-electron chi connectivity index (χ2n) is 5.21. The lowest BCUT2D eigenvalue weighted by molar-refractivity contribution is 0.317. The molecule has 0 saturated heterocycles. The molecule has 3 rings (SSSR count). The smallest absolute Gasteiger partial charge is 0.243 e. The number of imidazole rings is 1. The van der Waals surface area contributed by atoms with Crippen molar-refractivity contribution < 1.29 is 0 Å². The van der Waals surface area contributed by atoms with Gasteiger partial charge in [-0.3, -0.25) is 9.99 Å². The highest BCUT2D eigenvalue weighted by molar-refractivity contribution is 5.39. The van der Waals surface area contributed by atoms with Crippen molar-refractivity contribution in [2.45, 2.75) is 26.2 Å². The monoisotopic (exact) mass is 288 g/mol. The Bertz CT molecular complexity index is 578. The molecule has 21 heavy (non-hydrogen) atoms. The number of hydrogen-bond donors (Lipinski definition) is 2. The van der Waals surface area contributed by atoms with E-state index in [0.29, 0.717) is 17.8 Å². The van der Waals surface area contributed by atoms with Crippen molar-refractivity contribution in [1.29, 1.82) is 0 Å². The molecule has 0 radical (unpaired) electrons. The van der Waals surface area contributed by atoms with Crippen LogP contribution in [0.25, 0.3) is 5.95 Å². The second-order valence-corrected chi connectivity index (χ2v) is 5.21. The fraction of sp³-hybridized carbons (Fsp3) is 0.538. The zero-order valence-electron chi connectivity index (χ0n) is 12.1. The number of hydrogen-bond acceptors (Lipinski definition) is 7. The summed E-state index contributed by atoms with van der Waals surface area (Å²) in [5.74, 6) is 7.74. The van der Waals surface area contributed by atoms with Gasteiger partial charge in [0.1, 0.15) is 6.33 Å². The number of nitrogens with one attached hydrogen (secondary N) is 1. The molecule has 0 amide bonds. The fourth-order valence-corrected chi connectivity index (χ4v) is 2.39. The largest absolute Gasteiger partial charge is 0.341 e. The minimum Gasteiger partial charge on any atom is -0.341 e. The van der Waals surface area contributed by atoms with Crippen molar-refractivity contribution in [2.75, 3.05) is 23.4 Å². The molecular weight excluding hydrogens is 268 g/mol. The number of rotatable bonds is 6. The Morgan fingerprint density at radius 2 is 2.24 bits per heavy atom. The molecule has 2 heterocycles. The summed E-state index contributed by atoms with van der Waals surface area (Å²) < 4.78 is 1.74. The molecule has 0 aromatic carbocycles. The highest BCUT2D eigenvalue weighted by atomic mass is 15.4. The van der Waals surface area contributed by atoms with Crippen LogP contribution in [0.4, 0.5) is 11.9 Å². The molecule has 0 spiro atoms. The summed E-state index contributed by atoms with van der Waals surface area (Å²) in [5, 5.41) is 0. The highest BCUT2D eigenvalue weighted by Crippen LogP contribution is 2.28. The first-order valence-corrected chi connectivity index (χ1v) is 7.26. The molecule has 3 N–H and O–H groups in total. The van der Waals surface area contributed by atoms with Crippen LogP contribution in [0.2, 0.25) is 0 Å². The Hall–Kier alpha value is -2.22. The Labute approximate surface area is 123 Å². The van der Waals surface area contributed by atoms with Gasteiger partial charge in [-0.05, 0) is 25.7 Å². The van der Waals surface area contributed by atoms with Gasteiger partial charge in [-0.15, -0.1) is 0 Å². The third kappa shape index (κ3) is 2.94. The van der Waals surface area contributed by atoms with E-state index >= 15 is 0 Å². The van der Waals surface area contributed by atoms with Crippen LogP contribution < -0.4 is 16.2 Å². The molecule has 0 aliphatic heterocycles. The first-order chi connectivity index (χ1) is 10.3. The standard InChI is InChI=1S/C13H20N8/c1-2-20(8-10-4-3-5-10)12-16-11(19-14)17-13(18-12)21-7-6-15-9-21/h6-7,9-10H,2-5,8,14H2,1H3,(H,16,17,18,19). The molecule has 1 aliphatic rings. The van der Waals surface area contributed by atoms with Gasteiger partial charge in [-0.1, -0.05) is 6.42 Å². The summed E-state index contributed by atoms with van der Waals surface area (Å²) in [6.45, 7) is 3.94. The summed E-state index contributed by atoms with van der Waals surface area (Å²) in [6, 6.07) is 0. The number of nitrogens with zero attached hydrogens (tertiary/aromatic N) is 6. The molecule has 1 aliphatic carbocycles. The first kappa shape index (κ1) is 13.7. The first-order valence-electron chi connectivity index (χ1n) is 7.26. The SMILES string of the molecule is CCN(CC1CCC1)c1nc(NN)nc(-n2ccnc2)n1. The third-order valence-corrected chi connectivity index (χ3v) is 3.84. The molecule has 0 atom stereocenters. The number of nitrogen functional groups attached to an aromatic ring is 1. The average molecular weight is 288 g/mol. The van der Waals surface area contributed by atoms with Gasteiger partial charge in [0.25, 0.3) is 0 Å². The Kier molecular flexibility index (Phi) is 3.96. The summed E-state index contributed by atoms with van der Waals surface area (Å²) in [6.07, 6.45) is 9.04. The van der Waals surface area contributed by atoms with Gasteiger partial charge in [0, 0.05) is 25.5 Å². The van der Waals surface area contributed by atoms with Crippen molar-refractivity contribution in [2.24, 2.45) is 11.8 Å². The Balaban J connectivity index is 1.90. The predicted octanol–water partition coefficient (Wildman–Crippen LogP) is 0.969. The zero-order chi connectivity index (χ0) is 14.7. The number of nitrogens with two attached hydrogens (primary N) is 1. The minimum absolute atomic E-state index is 0.357. The van der Waals surface area contributed by atoms with Crippen LogP contribution in [-0.2, 0) is 0 Å². The molecule has 1 saturated carbocycles. The second kappa shape index (κ2) is 6.04. The zero-order valence-corrected chi connectivity index (χ0v) is 12.1. The van der Waals surface area contributed by atoms with Gasteiger partial charge < -0.3 is 4.90 Å². The predicted molar refractivity (Wildman–Crippen MR) is 80.0 cm³/mol. The lowest BCUT2D eigenvalue weighted by Crippen LogP contribution is -2.34. The molecule has 8 heteroatoms. The van der Waals surface area contributed by atoms with Crippen LogP contribution in [0.5, 0.6) is 0 Å². The van der Waals surface area contributed by atoms with Crippen molar-refractivity contribution >= 4 is 11.9 Å². The molecular formula is C13H20N8. The normalized spacial score (nSPS) is 14.8. The van der Waals surface area contributed by atoms with Gasteiger partial charge in [0.15, 0.2) is 0 Å². The van der Waals surface area contributed by atoms with Gasteiger partial charge in [-0.25, -0.2) is 10.8 Å². The lowest BCUT2D eigenvalue weighted by Gasteiger charge is -2.31. The Morgan fingerprint density at radius 1 is 1.38 bits per heavy atom. The maximum Gasteiger partial charge on any atom is 0.243 e. The quantitative estimate of drug-likeness (QED) is 0.603. The highest BCUT2D eigenvalue weighted by Gasteiger charge is 2.22. The molecule has 2 aromatic heterocycles. The Morgan fingerprint density at radius 3 is 2.81 bits per heavy atom. The fourth-order valence-electron chi connectivity index (χ4n) is 2.39. The minimum atomic E-state index is 0.357. The third-order valence-electron chi connectivity index (χ3n) is 3.84. The number of aromatic nitrogens is 5. The van der Waals surface area contributed by atoms with Crippen LogP contribution >= 0.6 is 0 Å². The average Bonchev–Trinajstić information content (AvgIpc) is 3.00. The maximum atomic E-state index is 5.48. The van der Waals surface area contributed by atoms with Crippen molar-refractivity contribution in [3.05, 3.63) is 18.7 Å². The summed E-state index contributed by atoms with van der Waals surface area (Å²) >= 11 is 0. The van der Waals surface area contributed by atoms with Crippen molar-refractivity contribution in [1.82, 2.24) is 24.5 Å². The lowest BCUT2D eigenvalue weighted by atomic mass is 9.85. The van der Waals surface area contributed by atoms with Gasteiger partial charge >= 0.3 is 0 Å². The van der Waals surface area contributed by atoms with E-state index in [1.807, 2.05) is 0 Å². The van der Waals surface area contributed by atoms with E-state index in [4.69, 9.17) is 5.84 Å². The molecule has 2 aromatic rings. The number of hydrazine groups is 1. The summed E-state index contributed by atoms with van der Waals surface area (Å²) in [7, 11) is 0. The van der Waals surface area contributed by atoms with E-state index in [9.17, 15) is 0 Å².